The summed E-state index contributed by atoms with van der Waals surface area (Å²) < 4.78 is 43.1. The number of aromatic nitrogens is 2. The van der Waals surface area contributed by atoms with Crippen LogP contribution in [0.15, 0.2) is 12.4 Å². The lowest BCUT2D eigenvalue weighted by molar-refractivity contribution is -0.137. The fourth-order valence-corrected chi connectivity index (χ4v) is 1.46. The van der Waals surface area contributed by atoms with Crippen LogP contribution in [0.3, 0.4) is 0 Å². The predicted molar refractivity (Wildman–Crippen MR) is 61.2 cm³/mol. The summed E-state index contributed by atoms with van der Waals surface area (Å²) in [5.74, 6) is 0. The molecule has 0 aliphatic heterocycles. The van der Waals surface area contributed by atoms with Crippen LogP contribution in [0.25, 0.3) is 0 Å². The lowest BCUT2D eigenvalue weighted by atomic mass is 10.3. The molecular formula is C11H18F3N3O. The van der Waals surface area contributed by atoms with Crippen molar-refractivity contribution in [1.82, 2.24) is 15.1 Å². The minimum atomic E-state index is -4.31. The molecule has 0 saturated heterocycles. The second-order valence-electron chi connectivity index (χ2n) is 3.94. The van der Waals surface area contributed by atoms with E-state index in [1.54, 1.807) is 7.11 Å². The van der Waals surface area contributed by atoms with Crippen molar-refractivity contribution in [3.8, 4) is 0 Å². The molecule has 0 saturated carbocycles. The normalized spacial score (nSPS) is 12.0. The van der Waals surface area contributed by atoms with Crippen molar-refractivity contribution in [1.29, 1.82) is 0 Å². The highest BCUT2D eigenvalue weighted by Crippen LogP contribution is 2.28. The summed E-state index contributed by atoms with van der Waals surface area (Å²) in [4.78, 5) is 0. The molecule has 0 bridgehead atoms. The van der Waals surface area contributed by atoms with Gasteiger partial charge in [0, 0.05) is 26.4 Å². The Morgan fingerprint density at radius 2 is 2.11 bits per heavy atom. The molecule has 1 aromatic rings. The summed E-state index contributed by atoms with van der Waals surface area (Å²) in [5, 5.41) is 6.85. The third-order valence-electron chi connectivity index (χ3n) is 2.43. The zero-order chi connectivity index (χ0) is 13.4. The first-order chi connectivity index (χ1) is 8.54. The Labute approximate surface area is 104 Å². The van der Waals surface area contributed by atoms with Gasteiger partial charge in [0.25, 0.3) is 0 Å². The summed E-state index contributed by atoms with van der Waals surface area (Å²) in [6.07, 6.45) is -0.723. The first-order valence-corrected chi connectivity index (χ1v) is 5.83. The summed E-state index contributed by atoms with van der Waals surface area (Å²) in [7, 11) is 1.64. The van der Waals surface area contributed by atoms with E-state index in [1.807, 2.05) is 0 Å². The number of aryl methyl sites for hydroxylation is 1. The molecule has 0 amide bonds. The number of halogens is 3. The topological polar surface area (TPSA) is 39.1 Å². The highest BCUT2D eigenvalue weighted by Gasteiger charge is 2.31. The van der Waals surface area contributed by atoms with Gasteiger partial charge in [-0.1, -0.05) is 0 Å². The van der Waals surface area contributed by atoms with E-state index in [0.29, 0.717) is 13.2 Å². The third kappa shape index (κ3) is 5.50. The summed E-state index contributed by atoms with van der Waals surface area (Å²) in [5.41, 5.74) is -0.694. The van der Waals surface area contributed by atoms with Crippen LogP contribution in [-0.2, 0) is 17.5 Å². The first kappa shape index (κ1) is 15.0. The second-order valence-corrected chi connectivity index (χ2v) is 3.94. The number of methoxy groups -OCH3 is 1. The van der Waals surface area contributed by atoms with Crippen LogP contribution < -0.4 is 5.32 Å². The van der Waals surface area contributed by atoms with E-state index in [9.17, 15) is 13.2 Å². The van der Waals surface area contributed by atoms with Gasteiger partial charge >= 0.3 is 6.18 Å². The molecule has 104 valence electrons. The second kappa shape index (κ2) is 7.38. The highest BCUT2D eigenvalue weighted by molar-refractivity contribution is 5.08. The monoisotopic (exact) mass is 265 g/mol. The molecule has 0 atom stereocenters. The minimum Gasteiger partial charge on any atom is -0.383 e. The summed E-state index contributed by atoms with van der Waals surface area (Å²) in [6, 6.07) is 0. The fourth-order valence-electron chi connectivity index (χ4n) is 1.46. The number of hydrogen-bond donors (Lipinski definition) is 1. The van der Waals surface area contributed by atoms with E-state index < -0.39 is 11.7 Å². The molecular weight excluding hydrogens is 247 g/mol. The van der Waals surface area contributed by atoms with Crippen molar-refractivity contribution in [3.63, 3.8) is 0 Å². The molecule has 0 aliphatic rings. The molecule has 1 heterocycles. The van der Waals surface area contributed by atoms with E-state index >= 15 is 0 Å². The van der Waals surface area contributed by atoms with Gasteiger partial charge in [-0.15, -0.1) is 0 Å². The smallest absolute Gasteiger partial charge is 0.383 e. The van der Waals surface area contributed by atoms with Crippen molar-refractivity contribution < 1.29 is 17.9 Å². The standard InChI is InChI=1S/C11H18F3N3O/c1-18-7-5-15-4-2-3-6-17-9-10(8-16-17)11(12,13)14/h8-9,15H,2-7H2,1H3. The van der Waals surface area contributed by atoms with Gasteiger partial charge in [0.05, 0.1) is 18.4 Å². The molecule has 0 unspecified atom stereocenters. The molecule has 1 aromatic heterocycles. The van der Waals surface area contributed by atoms with Crippen LogP contribution >= 0.6 is 0 Å². The van der Waals surface area contributed by atoms with Gasteiger partial charge in [-0.25, -0.2) is 0 Å². The predicted octanol–water partition coefficient (Wildman–Crippen LogP) is 1.92. The van der Waals surface area contributed by atoms with Gasteiger partial charge < -0.3 is 10.1 Å². The largest absolute Gasteiger partial charge is 0.419 e. The molecule has 18 heavy (non-hydrogen) atoms. The van der Waals surface area contributed by atoms with Gasteiger partial charge in [-0.3, -0.25) is 4.68 Å². The minimum absolute atomic E-state index is 0.502. The molecule has 7 heteroatoms. The number of hydrogen-bond acceptors (Lipinski definition) is 3. The number of nitrogens with zero attached hydrogens (tertiary/aromatic N) is 2. The zero-order valence-electron chi connectivity index (χ0n) is 10.3. The lowest BCUT2D eigenvalue weighted by Crippen LogP contribution is -2.20. The maximum atomic E-state index is 12.3. The number of nitrogens with one attached hydrogen (secondary N) is 1. The van der Waals surface area contributed by atoms with Crippen molar-refractivity contribution in [2.24, 2.45) is 0 Å². The first-order valence-electron chi connectivity index (χ1n) is 5.83. The SMILES string of the molecule is COCCNCCCCn1cc(C(F)(F)F)cn1. The van der Waals surface area contributed by atoms with Crippen LogP contribution in [-0.4, -0.2) is 36.6 Å². The summed E-state index contributed by atoms with van der Waals surface area (Å²) in [6.45, 7) is 2.78. The Bertz CT molecular complexity index is 339. The van der Waals surface area contributed by atoms with E-state index in [0.717, 1.165) is 38.3 Å². The van der Waals surface area contributed by atoms with Gasteiger partial charge in [-0.2, -0.15) is 18.3 Å². The highest BCUT2D eigenvalue weighted by atomic mass is 19.4. The lowest BCUT2D eigenvalue weighted by Gasteiger charge is -2.04. The van der Waals surface area contributed by atoms with Gasteiger partial charge in [0.2, 0.25) is 0 Å². The van der Waals surface area contributed by atoms with Crippen LogP contribution in [0.1, 0.15) is 18.4 Å². The van der Waals surface area contributed by atoms with Crippen molar-refractivity contribution >= 4 is 0 Å². The van der Waals surface area contributed by atoms with Gasteiger partial charge in [0.1, 0.15) is 0 Å². The molecule has 0 aliphatic carbocycles. The average Bonchev–Trinajstić information content (AvgIpc) is 2.76. The Hall–Kier alpha value is -1.08. The quantitative estimate of drug-likeness (QED) is 0.730. The molecule has 1 rings (SSSR count). The molecule has 4 nitrogen and oxygen atoms in total. The molecule has 0 aromatic carbocycles. The van der Waals surface area contributed by atoms with Crippen LogP contribution in [0.5, 0.6) is 0 Å². The van der Waals surface area contributed by atoms with E-state index in [2.05, 4.69) is 10.4 Å². The van der Waals surface area contributed by atoms with E-state index in [-0.39, 0.29) is 0 Å². The van der Waals surface area contributed by atoms with Gasteiger partial charge in [-0.05, 0) is 19.4 Å². The molecule has 0 spiro atoms. The maximum Gasteiger partial charge on any atom is 0.419 e. The Morgan fingerprint density at radius 1 is 1.33 bits per heavy atom. The molecule has 0 fully saturated rings. The number of unbranched alkanes of at least 4 members (excludes halogenated alkanes) is 1. The van der Waals surface area contributed by atoms with Crippen LogP contribution in [0, 0.1) is 0 Å². The Balaban J connectivity index is 2.14. The molecule has 1 N–H and O–H groups in total. The van der Waals surface area contributed by atoms with Crippen LogP contribution in [0.2, 0.25) is 0 Å². The molecule has 0 radical (unpaired) electrons. The Morgan fingerprint density at radius 3 is 2.72 bits per heavy atom. The van der Waals surface area contributed by atoms with Crippen molar-refractivity contribution in [2.45, 2.75) is 25.6 Å². The third-order valence-corrected chi connectivity index (χ3v) is 2.43. The summed E-state index contributed by atoms with van der Waals surface area (Å²) >= 11 is 0. The van der Waals surface area contributed by atoms with Crippen LogP contribution in [0.4, 0.5) is 13.2 Å². The van der Waals surface area contributed by atoms with Crippen molar-refractivity contribution in [3.05, 3.63) is 18.0 Å². The maximum absolute atomic E-state index is 12.3. The van der Waals surface area contributed by atoms with E-state index in [1.165, 1.54) is 4.68 Å². The number of alkyl halides is 3. The fraction of sp³-hybridized carbons (Fsp3) is 0.727. The average molecular weight is 265 g/mol. The number of ether oxygens (including phenoxy) is 1. The van der Waals surface area contributed by atoms with Gasteiger partial charge in [0.15, 0.2) is 0 Å². The van der Waals surface area contributed by atoms with E-state index in [4.69, 9.17) is 4.74 Å². The number of rotatable bonds is 8. The zero-order valence-corrected chi connectivity index (χ0v) is 10.3. The van der Waals surface area contributed by atoms with Crippen molar-refractivity contribution in [2.75, 3.05) is 26.8 Å². The Kier molecular flexibility index (Phi) is 6.14.